The number of rotatable bonds is 2. The Morgan fingerprint density at radius 2 is 2.06 bits per heavy atom. The number of phenolic OH excluding ortho intramolecular Hbond substituents is 1. The largest absolute Gasteiger partial charge is 0.507 e. The lowest BCUT2D eigenvalue weighted by Gasteiger charge is -2.09. The normalized spacial score (nSPS) is 15.3. The van der Waals surface area contributed by atoms with Gasteiger partial charge in [0.05, 0.1) is 4.47 Å². The number of nitrogens with zero attached hydrogens (tertiary/aromatic N) is 3. The summed E-state index contributed by atoms with van der Waals surface area (Å²) in [6, 6.07) is 5.18. The Kier molecular flexibility index (Phi) is 2.95. The van der Waals surface area contributed by atoms with E-state index in [4.69, 9.17) is 4.52 Å². The van der Waals surface area contributed by atoms with Crippen molar-refractivity contribution in [1.29, 1.82) is 0 Å². The van der Waals surface area contributed by atoms with Gasteiger partial charge in [0.2, 0.25) is 0 Å². The van der Waals surface area contributed by atoms with E-state index in [1.807, 2.05) is 6.07 Å². The summed E-state index contributed by atoms with van der Waals surface area (Å²) in [5, 5.41) is 13.6. The highest BCUT2D eigenvalue weighted by Gasteiger charge is 2.18. The second-order valence-corrected chi connectivity index (χ2v) is 5.11. The van der Waals surface area contributed by atoms with Gasteiger partial charge in [-0.1, -0.05) is 0 Å². The van der Waals surface area contributed by atoms with Crippen LogP contribution in [0.2, 0.25) is 0 Å². The lowest BCUT2D eigenvalue weighted by atomic mass is 10.2. The first-order chi connectivity index (χ1) is 8.74. The molecule has 0 saturated carbocycles. The van der Waals surface area contributed by atoms with E-state index in [0.29, 0.717) is 21.9 Å². The average Bonchev–Trinajstić information content (AvgIpc) is 3.01. The third-order valence-electron chi connectivity index (χ3n) is 3.00. The SMILES string of the molecule is Oc1cc(-c2nc(N3CCCC3)no2)ccc1Br. The van der Waals surface area contributed by atoms with Crippen LogP contribution in [0, 0.1) is 0 Å². The zero-order valence-electron chi connectivity index (χ0n) is 9.64. The average molecular weight is 310 g/mol. The molecule has 5 nitrogen and oxygen atoms in total. The molecule has 1 aromatic carbocycles. The van der Waals surface area contributed by atoms with Gasteiger partial charge in [-0.15, -0.1) is 0 Å². The monoisotopic (exact) mass is 309 g/mol. The molecular weight excluding hydrogens is 298 g/mol. The Hall–Kier alpha value is -1.56. The van der Waals surface area contributed by atoms with Crippen LogP contribution in [0.1, 0.15) is 12.8 Å². The molecular formula is C12H12BrN3O2. The Bertz CT molecular complexity index is 564. The molecule has 1 aliphatic rings. The van der Waals surface area contributed by atoms with Crippen molar-refractivity contribution < 1.29 is 9.63 Å². The molecule has 1 aliphatic heterocycles. The molecule has 0 radical (unpaired) electrons. The summed E-state index contributed by atoms with van der Waals surface area (Å²) < 4.78 is 5.87. The fourth-order valence-electron chi connectivity index (χ4n) is 2.02. The minimum atomic E-state index is 0.161. The molecule has 0 aliphatic carbocycles. The molecule has 18 heavy (non-hydrogen) atoms. The maximum atomic E-state index is 9.63. The van der Waals surface area contributed by atoms with Crippen LogP contribution in [0.3, 0.4) is 0 Å². The first-order valence-corrected chi connectivity index (χ1v) is 6.61. The van der Waals surface area contributed by atoms with E-state index in [1.165, 1.54) is 12.8 Å². The van der Waals surface area contributed by atoms with Crippen LogP contribution in [0.5, 0.6) is 5.75 Å². The summed E-state index contributed by atoms with van der Waals surface area (Å²) in [7, 11) is 0. The van der Waals surface area contributed by atoms with Crippen molar-refractivity contribution in [2.24, 2.45) is 0 Å². The quantitative estimate of drug-likeness (QED) is 0.924. The van der Waals surface area contributed by atoms with Crippen molar-refractivity contribution in [2.75, 3.05) is 18.0 Å². The molecule has 1 aromatic heterocycles. The molecule has 94 valence electrons. The maximum Gasteiger partial charge on any atom is 0.266 e. The highest BCUT2D eigenvalue weighted by atomic mass is 79.9. The second-order valence-electron chi connectivity index (χ2n) is 4.26. The Labute approximate surface area is 113 Å². The fraction of sp³-hybridized carbons (Fsp3) is 0.333. The van der Waals surface area contributed by atoms with Crippen LogP contribution >= 0.6 is 15.9 Å². The Morgan fingerprint density at radius 1 is 1.28 bits per heavy atom. The third-order valence-corrected chi connectivity index (χ3v) is 3.67. The number of aromatic nitrogens is 2. The van der Waals surface area contributed by atoms with Gasteiger partial charge >= 0.3 is 0 Å². The standard InChI is InChI=1S/C12H12BrN3O2/c13-9-4-3-8(7-10(9)17)11-14-12(15-18-11)16-5-1-2-6-16/h3-4,7,17H,1-2,5-6H2. The van der Waals surface area contributed by atoms with Gasteiger partial charge in [-0.2, -0.15) is 4.98 Å². The summed E-state index contributed by atoms with van der Waals surface area (Å²) in [5.41, 5.74) is 0.716. The highest BCUT2D eigenvalue weighted by Crippen LogP contribution is 2.30. The Balaban J connectivity index is 1.89. The molecule has 2 heterocycles. The van der Waals surface area contributed by atoms with E-state index in [0.717, 1.165) is 13.1 Å². The van der Waals surface area contributed by atoms with E-state index in [2.05, 4.69) is 31.0 Å². The molecule has 0 bridgehead atoms. The number of aromatic hydroxyl groups is 1. The number of phenols is 1. The summed E-state index contributed by atoms with van der Waals surface area (Å²) >= 11 is 3.24. The van der Waals surface area contributed by atoms with E-state index >= 15 is 0 Å². The molecule has 0 atom stereocenters. The van der Waals surface area contributed by atoms with Gasteiger partial charge in [0, 0.05) is 18.7 Å². The lowest BCUT2D eigenvalue weighted by Crippen LogP contribution is -2.18. The molecule has 3 rings (SSSR count). The third kappa shape index (κ3) is 2.08. The van der Waals surface area contributed by atoms with Gasteiger partial charge in [0.1, 0.15) is 5.75 Å². The lowest BCUT2D eigenvalue weighted by molar-refractivity contribution is 0.429. The highest BCUT2D eigenvalue weighted by molar-refractivity contribution is 9.10. The first kappa shape index (κ1) is 11.5. The topological polar surface area (TPSA) is 62.4 Å². The molecule has 1 fully saturated rings. The van der Waals surface area contributed by atoms with Crippen LogP contribution in [0.15, 0.2) is 27.2 Å². The fourth-order valence-corrected chi connectivity index (χ4v) is 2.27. The van der Waals surface area contributed by atoms with Crippen LogP contribution in [-0.4, -0.2) is 28.3 Å². The van der Waals surface area contributed by atoms with Gasteiger partial charge < -0.3 is 14.5 Å². The van der Waals surface area contributed by atoms with Crippen molar-refractivity contribution in [2.45, 2.75) is 12.8 Å². The molecule has 0 amide bonds. The second kappa shape index (κ2) is 4.61. The van der Waals surface area contributed by atoms with E-state index in [-0.39, 0.29) is 5.75 Å². The summed E-state index contributed by atoms with van der Waals surface area (Å²) in [5.74, 6) is 1.22. The van der Waals surface area contributed by atoms with E-state index < -0.39 is 0 Å². The van der Waals surface area contributed by atoms with Gasteiger partial charge in [-0.25, -0.2) is 0 Å². The molecule has 0 unspecified atom stereocenters. The van der Waals surface area contributed by atoms with Gasteiger partial charge in [0.25, 0.3) is 11.8 Å². The van der Waals surface area contributed by atoms with E-state index in [9.17, 15) is 5.11 Å². The molecule has 2 aromatic rings. The van der Waals surface area contributed by atoms with Crippen LogP contribution < -0.4 is 4.90 Å². The molecule has 6 heteroatoms. The number of hydrogen-bond acceptors (Lipinski definition) is 5. The number of anilines is 1. The van der Waals surface area contributed by atoms with Crippen molar-refractivity contribution in [3.8, 4) is 17.2 Å². The first-order valence-electron chi connectivity index (χ1n) is 5.81. The minimum Gasteiger partial charge on any atom is -0.507 e. The Morgan fingerprint density at radius 3 is 2.78 bits per heavy atom. The predicted molar refractivity (Wildman–Crippen MR) is 70.5 cm³/mol. The summed E-state index contributed by atoms with van der Waals surface area (Å²) in [6.45, 7) is 1.95. The number of hydrogen-bond donors (Lipinski definition) is 1. The van der Waals surface area contributed by atoms with Gasteiger partial charge in [0.15, 0.2) is 0 Å². The van der Waals surface area contributed by atoms with Crippen LogP contribution in [0.25, 0.3) is 11.5 Å². The van der Waals surface area contributed by atoms with Crippen LogP contribution in [0.4, 0.5) is 5.95 Å². The summed E-state index contributed by atoms with van der Waals surface area (Å²) in [6.07, 6.45) is 2.34. The van der Waals surface area contributed by atoms with E-state index in [1.54, 1.807) is 12.1 Å². The summed E-state index contributed by atoms with van der Waals surface area (Å²) in [4.78, 5) is 6.46. The van der Waals surface area contributed by atoms with Crippen molar-refractivity contribution >= 4 is 21.9 Å². The zero-order chi connectivity index (χ0) is 12.5. The van der Waals surface area contributed by atoms with Gasteiger partial charge in [-0.3, -0.25) is 0 Å². The number of benzene rings is 1. The smallest absolute Gasteiger partial charge is 0.266 e. The predicted octanol–water partition coefficient (Wildman–Crippen LogP) is 2.80. The van der Waals surface area contributed by atoms with Gasteiger partial charge in [-0.05, 0) is 52.1 Å². The molecule has 1 saturated heterocycles. The minimum absolute atomic E-state index is 0.161. The van der Waals surface area contributed by atoms with Crippen molar-refractivity contribution in [3.63, 3.8) is 0 Å². The van der Waals surface area contributed by atoms with Crippen LogP contribution in [-0.2, 0) is 0 Å². The molecule has 1 N–H and O–H groups in total. The van der Waals surface area contributed by atoms with Crippen molar-refractivity contribution in [1.82, 2.24) is 10.1 Å². The number of halogens is 1. The maximum absolute atomic E-state index is 9.63. The zero-order valence-corrected chi connectivity index (χ0v) is 11.2. The van der Waals surface area contributed by atoms with Crippen molar-refractivity contribution in [3.05, 3.63) is 22.7 Å². The molecule has 0 spiro atoms.